The maximum absolute atomic E-state index is 12.4. The highest BCUT2D eigenvalue weighted by Gasteiger charge is 2.20. The molecule has 1 aromatic rings. The van der Waals surface area contributed by atoms with Crippen LogP contribution in [0.5, 0.6) is 17.2 Å². The van der Waals surface area contributed by atoms with Crippen LogP contribution in [0.15, 0.2) is 12.1 Å². The van der Waals surface area contributed by atoms with Gasteiger partial charge in [-0.2, -0.15) is 0 Å². The number of likely N-dealkylation sites (N-methyl/N-ethyl adjacent to an activating group) is 1. The molecule has 1 aromatic carbocycles. The third-order valence-electron chi connectivity index (χ3n) is 3.69. The van der Waals surface area contributed by atoms with Crippen molar-refractivity contribution in [3.8, 4) is 17.2 Å². The average Bonchev–Trinajstić information content (AvgIpc) is 2.61. The molecular formula is C19H31N3O5. The smallest absolute Gasteiger partial charge is 0.318 e. The van der Waals surface area contributed by atoms with E-state index in [0.717, 1.165) is 5.56 Å². The number of carbonyl (C=O) groups is 2. The van der Waals surface area contributed by atoms with Gasteiger partial charge in [0.05, 0.1) is 21.3 Å². The summed E-state index contributed by atoms with van der Waals surface area (Å²) in [5.74, 6) is 1.31. The number of urea groups is 1. The Bertz CT molecular complexity index is 630. The molecule has 2 N–H and O–H groups in total. The van der Waals surface area contributed by atoms with Crippen molar-refractivity contribution in [2.45, 2.75) is 39.8 Å². The number of rotatable bonds is 8. The van der Waals surface area contributed by atoms with Crippen LogP contribution in [0.2, 0.25) is 0 Å². The second-order valence-electron chi connectivity index (χ2n) is 7.00. The molecule has 0 saturated heterocycles. The predicted octanol–water partition coefficient (Wildman–Crippen LogP) is 2.16. The van der Waals surface area contributed by atoms with Crippen molar-refractivity contribution in [2.75, 3.05) is 34.4 Å². The van der Waals surface area contributed by atoms with Gasteiger partial charge in [0.15, 0.2) is 11.5 Å². The van der Waals surface area contributed by atoms with Gasteiger partial charge < -0.3 is 29.7 Å². The summed E-state index contributed by atoms with van der Waals surface area (Å²) >= 11 is 0. The molecule has 3 amide bonds. The Morgan fingerprint density at radius 3 is 2.00 bits per heavy atom. The molecule has 0 aliphatic rings. The first-order valence-electron chi connectivity index (χ1n) is 8.77. The molecule has 0 spiro atoms. The van der Waals surface area contributed by atoms with Gasteiger partial charge in [-0.15, -0.1) is 0 Å². The Kier molecular flexibility index (Phi) is 8.21. The number of amides is 3. The normalized spacial score (nSPS) is 10.8. The number of hydrogen-bond acceptors (Lipinski definition) is 5. The molecule has 0 fully saturated rings. The lowest BCUT2D eigenvalue weighted by Crippen LogP contribution is -2.49. The fourth-order valence-corrected chi connectivity index (χ4v) is 2.49. The van der Waals surface area contributed by atoms with E-state index in [9.17, 15) is 9.59 Å². The van der Waals surface area contributed by atoms with Crippen LogP contribution in [0.3, 0.4) is 0 Å². The van der Waals surface area contributed by atoms with Gasteiger partial charge in [-0.1, -0.05) is 0 Å². The van der Waals surface area contributed by atoms with Crippen LogP contribution in [-0.2, 0) is 11.3 Å². The minimum atomic E-state index is -0.344. The largest absolute Gasteiger partial charge is 0.493 e. The Morgan fingerprint density at radius 2 is 1.59 bits per heavy atom. The van der Waals surface area contributed by atoms with Gasteiger partial charge in [0, 0.05) is 18.6 Å². The van der Waals surface area contributed by atoms with Crippen molar-refractivity contribution in [3.63, 3.8) is 0 Å². The molecule has 0 bridgehead atoms. The number of methoxy groups -OCH3 is 3. The SMILES string of the molecule is CCN(CC(=O)NC(C)(C)C)C(=O)NCc1cc(OC)c(OC)c(OC)c1. The van der Waals surface area contributed by atoms with E-state index in [1.165, 1.54) is 26.2 Å². The number of carbonyl (C=O) groups excluding carboxylic acids is 2. The number of nitrogens with one attached hydrogen (secondary N) is 2. The summed E-state index contributed by atoms with van der Waals surface area (Å²) in [4.78, 5) is 25.9. The van der Waals surface area contributed by atoms with Crippen LogP contribution in [0.25, 0.3) is 0 Å². The van der Waals surface area contributed by atoms with Gasteiger partial charge >= 0.3 is 6.03 Å². The van der Waals surface area contributed by atoms with E-state index < -0.39 is 0 Å². The van der Waals surface area contributed by atoms with E-state index in [1.54, 1.807) is 12.1 Å². The zero-order valence-electron chi connectivity index (χ0n) is 17.3. The van der Waals surface area contributed by atoms with Crippen LogP contribution in [0, 0.1) is 0 Å². The van der Waals surface area contributed by atoms with E-state index in [4.69, 9.17) is 14.2 Å². The maximum Gasteiger partial charge on any atom is 0.318 e. The summed E-state index contributed by atoms with van der Waals surface area (Å²) in [5.41, 5.74) is 0.441. The molecule has 0 unspecified atom stereocenters. The van der Waals surface area contributed by atoms with E-state index in [0.29, 0.717) is 23.8 Å². The lowest BCUT2D eigenvalue weighted by Gasteiger charge is -2.25. The first kappa shape index (κ1) is 22.4. The van der Waals surface area contributed by atoms with Crippen LogP contribution in [-0.4, -0.2) is 56.8 Å². The molecule has 0 radical (unpaired) electrons. The molecule has 0 saturated carbocycles. The molecule has 0 atom stereocenters. The maximum atomic E-state index is 12.4. The van der Waals surface area contributed by atoms with Crippen LogP contribution >= 0.6 is 0 Å². The minimum Gasteiger partial charge on any atom is -0.493 e. The molecule has 8 heteroatoms. The van der Waals surface area contributed by atoms with E-state index in [-0.39, 0.29) is 30.6 Å². The van der Waals surface area contributed by atoms with Crippen molar-refractivity contribution < 1.29 is 23.8 Å². The molecule has 0 aliphatic carbocycles. The van der Waals surface area contributed by atoms with Crippen molar-refractivity contribution >= 4 is 11.9 Å². The summed E-state index contributed by atoms with van der Waals surface area (Å²) in [7, 11) is 4.60. The van der Waals surface area contributed by atoms with Crippen molar-refractivity contribution in [3.05, 3.63) is 17.7 Å². The lowest BCUT2D eigenvalue weighted by molar-refractivity contribution is -0.123. The Labute approximate surface area is 161 Å². The molecule has 152 valence electrons. The summed E-state index contributed by atoms with van der Waals surface area (Å²) in [6.07, 6.45) is 0. The fourth-order valence-electron chi connectivity index (χ4n) is 2.49. The Morgan fingerprint density at radius 1 is 1.04 bits per heavy atom. The zero-order valence-corrected chi connectivity index (χ0v) is 17.3. The van der Waals surface area contributed by atoms with Crippen molar-refractivity contribution in [1.29, 1.82) is 0 Å². The fraction of sp³-hybridized carbons (Fsp3) is 0.579. The molecule has 1 rings (SSSR count). The number of benzene rings is 1. The summed E-state index contributed by atoms with van der Waals surface area (Å²) in [6, 6.07) is 3.21. The third-order valence-corrected chi connectivity index (χ3v) is 3.69. The van der Waals surface area contributed by atoms with E-state index >= 15 is 0 Å². The monoisotopic (exact) mass is 381 g/mol. The number of ether oxygens (including phenoxy) is 3. The van der Waals surface area contributed by atoms with E-state index in [2.05, 4.69) is 10.6 Å². The van der Waals surface area contributed by atoms with Gasteiger partial charge in [0.1, 0.15) is 6.54 Å². The molecule has 0 aromatic heterocycles. The van der Waals surface area contributed by atoms with Crippen molar-refractivity contribution in [2.24, 2.45) is 0 Å². The quantitative estimate of drug-likeness (QED) is 0.720. The Hall–Kier alpha value is -2.64. The number of nitrogens with zero attached hydrogens (tertiary/aromatic N) is 1. The van der Waals surface area contributed by atoms with Crippen LogP contribution in [0.1, 0.15) is 33.3 Å². The second-order valence-corrected chi connectivity index (χ2v) is 7.00. The molecule has 0 aliphatic heterocycles. The van der Waals surface area contributed by atoms with Gasteiger partial charge in [-0.3, -0.25) is 4.79 Å². The van der Waals surface area contributed by atoms with Gasteiger partial charge in [0.2, 0.25) is 11.7 Å². The van der Waals surface area contributed by atoms with E-state index in [1.807, 2.05) is 27.7 Å². The first-order valence-corrected chi connectivity index (χ1v) is 8.77. The second kappa shape index (κ2) is 9.89. The van der Waals surface area contributed by atoms with Gasteiger partial charge in [-0.05, 0) is 45.4 Å². The average molecular weight is 381 g/mol. The van der Waals surface area contributed by atoms with Crippen LogP contribution < -0.4 is 24.8 Å². The molecule has 27 heavy (non-hydrogen) atoms. The highest BCUT2D eigenvalue weighted by Crippen LogP contribution is 2.38. The lowest BCUT2D eigenvalue weighted by atomic mass is 10.1. The molecule has 0 heterocycles. The Balaban J connectivity index is 2.78. The number of hydrogen-bond donors (Lipinski definition) is 2. The zero-order chi connectivity index (χ0) is 20.6. The summed E-state index contributed by atoms with van der Waals surface area (Å²) in [5, 5.41) is 5.66. The standard InChI is InChI=1S/C19H31N3O5/c1-8-22(12-16(23)21-19(2,3)4)18(24)20-11-13-9-14(25-5)17(27-7)15(10-13)26-6/h9-10H,8,11-12H2,1-7H3,(H,20,24)(H,21,23). The van der Waals surface area contributed by atoms with Gasteiger partial charge in [0.25, 0.3) is 0 Å². The van der Waals surface area contributed by atoms with Crippen molar-refractivity contribution in [1.82, 2.24) is 15.5 Å². The van der Waals surface area contributed by atoms with Crippen LogP contribution in [0.4, 0.5) is 4.79 Å². The van der Waals surface area contributed by atoms with Gasteiger partial charge in [-0.25, -0.2) is 4.79 Å². The highest BCUT2D eigenvalue weighted by molar-refractivity contribution is 5.84. The first-order chi connectivity index (χ1) is 12.6. The summed E-state index contributed by atoms with van der Waals surface area (Å²) in [6.45, 7) is 8.17. The topological polar surface area (TPSA) is 89.1 Å². The third kappa shape index (κ3) is 6.88. The minimum absolute atomic E-state index is 0.00510. The summed E-state index contributed by atoms with van der Waals surface area (Å²) < 4.78 is 15.9. The molecular weight excluding hydrogens is 350 g/mol. The highest BCUT2D eigenvalue weighted by atomic mass is 16.5. The molecule has 8 nitrogen and oxygen atoms in total. The predicted molar refractivity (Wildman–Crippen MR) is 103 cm³/mol.